The Morgan fingerprint density at radius 1 is 0.967 bits per heavy atom. The molecule has 0 atom stereocenters. The molecule has 1 saturated heterocycles. The Hall–Kier alpha value is -3.71. The van der Waals surface area contributed by atoms with Crippen LogP contribution in [0.5, 0.6) is 0 Å². The summed E-state index contributed by atoms with van der Waals surface area (Å²) in [6.45, 7) is 3.70. The Morgan fingerprint density at radius 2 is 1.73 bits per heavy atom. The van der Waals surface area contributed by atoms with Crippen LogP contribution in [0.25, 0.3) is 16.9 Å². The first-order chi connectivity index (χ1) is 14.8. The van der Waals surface area contributed by atoms with Gasteiger partial charge in [-0.2, -0.15) is 5.10 Å². The number of amides is 1. The average molecular weight is 398 g/mol. The second-order valence-electron chi connectivity index (χ2n) is 7.22. The Labute approximate surface area is 174 Å². The molecule has 0 spiro atoms. The molecule has 7 heteroatoms. The van der Waals surface area contributed by atoms with Gasteiger partial charge in [-0.3, -0.25) is 4.79 Å². The molecule has 0 aliphatic carbocycles. The zero-order chi connectivity index (χ0) is 20.3. The highest BCUT2D eigenvalue weighted by molar-refractivity contribution is 6.05. The van der Waals surface area contributed by atoms with Gasteiger partial charge in [0.05, 0.1) is 17.1 Å². The Balaban J connectivity index is 1.40. The van der Waals surface area contributed by atoms with Crippen molar-refractivity contribution < 1.29 is 4.79 Å². The lowest BCUT2D eigenvalue weighted by Crippen LogP contribution is -2.43. The molecule has 2 aromatic carbocycles. The summed E-state index contributed by atoms with van der Waals surface area (Å²) in [5.41, 5.74) is 4.66. The van der Waals surface area contributed by atoms with Gasteiger partial charge in [-0.25, -0.2) is 9.50 Å². The molecule has 4 aromatic rings. The first kappa shape index (κ1) is 18.3. The van der Waals surface area contributed by atoms with Crippen LogP contribution in [-0.4, -0.2) is 46.7 Å². The highest BCUT2D eigenvalue weighted by Gasteiger charge is 2.17. The van der Waals surface area contributed by atoms with Crippen LogP contribution in [0.2, 0.25) is 0 Å². The quantitative estimate of drug-likeness (QED) is 0.553. The number of hydrogen-bond donors (Lipinski definition) is 2. The summed E-state index contributed by atoms with van der Waals surface area (Å²) < 4.78 is 1.69. The Morgan fingerprint density at radius 3 is 2.57 bits per heavy atom. The van der Waals surface area contributed by atoms with E-state index in [0.29, 0.717) is 11.3 Å². The zero-order valence-corrected chi connectivity index (χ0v) is 16.5. The van der Waals surface area contributed by atoms with E-state index in [0.717, 1.165) is 48.8 Å². The number of nitrogens with zero attached hydrogens (tertiary/aromatic N) is 4. The molecule has 1 fully saturated rings. The summed E-state index contributed by atoms with van der Waals surface area (Å²) in [7, 11) is 0. The van der Waals surface area contributed by atoms with E-state index in [4.69, 9.17) is 0 Å². The van der Waals surface area contributed by atoms with Crippen molar-refractivity contribution in [2.24, 2.45) is 0 Å². The number of fused-ring (bicyclic) bond motifs is 1. The Kier molecular flexibility index (Phi) is 4.86. The fraction of sp³-hybridized carbons (Fsp3) is 0.174. The van der Waals surface area contributed by atoms with Gasteiger partial charge in [-0.15, -0.1) is 0 Å². The minimum absolute atomic E-state index is 0.234. The normalized spacial score (nSPS) is 14.1. The average Bonchev–Trinajstić information content (AvgIpc) is 3.24. The van der Waals surface area contributed by atoms with Crippen molar-refractivity contribution in [3.63, 3.8) is 0 Å². The lowest BCUT2D eigenvalue weighted by atomic mass is 10.2. The highest BCUT2D eigenvalue weighted by atomic mass is 16.1. The van der Waals surface area contributed by atoms with Gasteiger partial charge in [0.2, 0.25) is 0 Å². The molecule has 0 radical (unpaired) electrons. The van der Waals surface area contributed by atoms with Crippen LogP contribution in [-0.2, 0) is 0 Å². The number of rotatable bonds is 4. The largest absolute Gasteiger partial charge is 0.367 e. The second-order valence-corrected chi connectivity index (χ2v) is 7.22. The molecule has 1 amide bonds. The molecule has 2 N–H and O–H groups in total. The van der Waals surface area contributed by atoms with Gasteiger partial charge in [0, 0.05) is 44.0 Å². The summed E-state index contributed by atoms with van der Waals surface area (Å²) in [6, 6.07) is 21.4. The standard InChI is InChI=1S/C23H22N6O/c30-23(26-18-8-4-5-9-21(18)28-14-11-24-12-15-28)19-10-13-29-22(25-19)16-20(27-29)17-6-2-1-3-7-17/h1-10,13,16,24H,11-12,14-15H2,(H,26,30). The minimum Gasteiger partial charge on any atom is -0.367 e. The van der Waals surface area contributed by atoms with E-state index in [-0.39, 0.29) is 5.91 Å². The molecule has 2 aromatic heterocycles. The summed E-state index contributed by atoms with van der Waals surface area (Å²) >= 11 is 0. The number of carbonyl (C=O) groups excluding carboxylic acids is 1. The van der Waals surface area contributed by atoms with Gasteiger partial charge in [0.25, 0.3) is 5.91 Å². The van der Waals surface area contributed by atoms with E-state index in [1.807, 2.05) is 60.7 Å². The number of piperazine rings is 1. The van der Waals surface area contributed by atoms with Gasteiger partial charge in [-0.05, 0) is 18.2 Å². The molecule has 7 nitrogen and oxygen atoms in total. The van der Waals surface area contributed by atoms with Crippen LogP contribution in [0, 0.1) is 0 Å². The summed E-state index contributed by atoms with van der Waals surface area (Å²) in [5.74, 6) is -0.234. The molecular weight excluding hydrogens is 376 g/mol. The fourth-order valence-electron chi connectivity index (χ4n) is 3.70. The number of benzene rings is 2. The summed E-state index contributed by atoms with van der Waals surface area (Å²) in [6.07, 6.45) is 1.77. The zero-order valence-electron chi connectivity index (χ0n) is 16.5. The molecule has 1 aliphatic heterocycles. The monoisotopic (exact) mass is 398 g/mol. The van der Waals surface area contributed by atoms with Crippen molar-refractivity contribution in [3.8, 4) is 11.3 Å². The smallest absolute Gasteiger partial charge is 0.274 e. The molecular formula is C23H22N6O. The maximum atomic E-state index is 12.9. The van der Waals surface area contributed by atoms with Crippen LogP contribution in [0.15, 0.2) is 72.9 Å². The van der Waals surface area contributed by atoms with Gasteiger partial charge < -0.3 is 15.5 Å². The van der Waals surface area contributed by atoms with E-state index < -0.39 is 0 Å². The summed E-state index contributed by atoms with van der Waals surface area (Å²) in [5, 5.41) is 10.9. The topological polar surface area (TPSA) is 74.6 Å². The summed E-state index contributed by atoms with van der Waals surface area (Å²) in [4.78, 5) is 19.7. The number of aromatic nitrogens is 3. The first-order valence-electron chi connectivity index (χ1n) is 10.1. The Bertz CT molecular complexity index is 1180. The van der Waals surface area contributed by atoms with Gasteiger partial charge in [0.15, 0.2) is 5.65 Å². The second kappa shape index (κ2) is 7.96. The van der Waals surface area contributed by atoms with E-state index >= 15 is 0 Å². The molecule has 0 bridgehead atoms. The van der Waals surface area contributed by atoms with Crippen molar-refractivity contribution >= 4 is 22.9 Å². The van der Waals surface area contributed by atoms with Crippen LogP contribution in [0.4, 0.5) is 11.4 Å². The molecule has 1 aliphatic rings. The van der Waals surface area contributed by atoms with Crippen LogP contribution in [0.3, 0.4) is 0 Å². The van der Waals surface area contributed by atoms with E-state index in [2.05, 4.69) is 25.6 Å². The number of carbonyl (C=O) groups is 1. The van der Waals surface area contributed by atoms with E-state index in [9.17, 15) is 4.79 Å². The number of nitrogens with one attached hydrogen (secondary N) is 2. The van der Waals surface area contributed by atoms with Crippen molar-refractivity contribution in [3.05, 3.63) is 78.6 Å². The maximum Gasteiger partial charge on any atom is 0.274 e. The van der Waals surface area contributed by atoms with Crippen molar-refractivity contribution in [1.29, 1.82) is 0 Å². The molecule has 30 heavy (non-hydrogen) atoms. The van der Waals surface area contributed by atoms with E-state index in [1.54, 1.807) is 16.8 Å². The third kappa shape index (κ3) is 3.62. The predicted octanol–water partition coefficient (Wildman–Crippen LogP) is 3.06. The third-order valence-electron chi connectivity index (χ3n) is 5.24. The lowest BCUT2D eigenvalue weighted by Gasteiger charge is -2.31. The van der Waals surface area contributed by atoms with Crippen LogP contribution >= 0.6 is 0 Å². The molecule has 0 unspecified atom stereocenters. The van der Waals surface area contributed by atoms with Gasteiger partial charge in [0.1, 0.15) is 5.69 Å². The van der Waals surface area contributed by atoms with Gasteiger partial charge in [-0.1, -0.05) is 42.5 Å². The van der Waals surface area contributed by atoms with Crippen LogP contribution < -0.4 is 15.5 Å². The number of anilines is 2. The molecule has 0 saturated carbocycles. The molecule has 3 heterocycles. The van der Waals surface area contributed by atoms with Crippen molar-refractivity contribution in [2.75, 3.05) is 36.4 Å². The van der Waals surface area contributed by atoms with Gasteiger partial charge >= 0.3 is 0 Å². The van der Waals surface area contributed by atoms with Crippen molar-refractivity contribution in [1.82, 2.24) is 19.9 Å². The maximum absolute atomic E-state index is 12.9. The van der Waals surface area contributed by atoms with Crippen molar-refractivity contribution in [2.45, 2.75) is 0 Å². The molecule has 150 valence electrons. The predicted molar refractivity (Wildman–Crippen MR) is 118 cm³/mol. The lowest BCUT2D eigenvalue weighted by molar-refractivity contribution is 0.102. The first-order valence-corrected chi connectivity index (χ1v) is 10.1. The third-order valence-corrected chi connectivity index (χ3v) is 5.24. The molecule has 5 rings (SSSR count). The highest BCUT2D eigenvalue weighted by Crippen LogP contribution is 2.26. The van der Waals surface area contributed by atoms with Crippen LogP contribution in [0.1, 0.15) is 10.5 Å². The number of hydrogen-bond acceptors (Lipinski definition) is 5. The SMILES string of the molecule is O=C(Nc1ccccc1N1CCNCC1)c1ccn2nc(-c3ccccc3)cc2n1. The number of para-hydroxylation sites is 2. The fourth-order valence-corrected chi connectivity index (χ4v) is 3.70. The van der Waals surface area contributed by atoms with E-state index in [1.165, 1.54) is 0 Å². The minimum atomic E-state index is -0.234.